The summed E-state index contributed by atoms with van der Waals surface area (Å²) < 4.78 is 5.26. The number of hydrogen-bond donors (Lipinski definition) is 0. The van der Waals surface area contributed by atoms with Crippen molar-refractivity contribution in [3.8, 4) is 11.4 Å². The minimum atomic E-state index is -2.06. The van der Waals surface area contributed by atoms with E-state index in [9.17, 15) is 0 Å². The Morgan fingerprint density at radius 3 is 1.06 bits per heavy atom. The molecule has 0 amide bonds. The minimum absolute atomic E-state index is 1.07. The molecule has 18 bridgehead atoms. The summed E-state index contributed by atoms with van der Waals surface area (Å²) in [5.74, 6) is 0. The molecule has 0 radical (unpaired) electrons. The number of hydrogen-bond acceptors (Lipinski definition) is 0. The van der Waals surface area contributed by atoms with Crippen LogP contribution in [-0.2, 0) is 6.04 Å². The highest BCUT2D eigenvalue weighted by atomic mass is 29.3. The monoisotopic (exact) mass is 884 g/mol. The summed E-state index contributed by atoms with van der Waals surface area (Å²) in [4.78, 5) is 0. The van der Waals surface area contributed by atoms with Gasteiger partial charge in [-0.15, -0.1) is 0 Å². The average molecular weight is 885 g/mol. The Morgan fingerprint density at radius 1 is 0.323 bits per heavy atom. The van der Waals surface area contributed by atoms with Crippen molar-refractivity contribution in [2.75, 3.05) is 0 Å². The fraction of sp³-hybridized carbons (Fsp3) is 0.200. The second-order valence-electron chi connectivity index (χ2n) is 21.6. The van der Waals surface area contributed by atoms with E-state index in [0.29, 0.717) is 0 Å². The van der Waals surface area contributed by atoms with Crippen LogP contribution < -0.4 is 25.9 Å². The fourth-order valence-electron chi connectivity index (χ4n) is 11.9. The first-order valence-electron chi connectivity index (χ1n) is 22.7. The van der Waals surface area contributed by atoms with Gasteiger partial charge in [-0.1, -0.05) is 201 Å². The predicted molar refractivity (Wildman–Crippen MR) is 286 cm³/mol. The molecular formula is C55H56N2Si5. The number of benzene rings is 8. The maximum absolute atomic E-state index is 2.67. The van der Waals surface area contributed by atoms with E-state index in [1.807, 2.05) is 0 Å². The maximum Gasteiger partial charge on any atom is 0.0857 e. The summed E-state index contributed by atoms with van der Waals surface area (Å²) in [6.07, 6.45) is 0. The van der Waals surface area contributed by atoms with Gasteiger partial charge in [-0.3, -0.25) is 0 Å². The molecule has 2 nitrogen and oxygen atoms in total. The summed E-state index contributed by atoms with van der Waals surface area (Å²) in [6, 6.07) is 60.5. The molecule has 0 atom stereocenters. The Labute approximate surface area is 370 Å². The molecule has 306 valence electrons. The van der Waals surface area contributed by atoms with Crippen LogP contribution in [0.2, 0.25) is 65.5 Å². The minimum Gasteiger partial charge on any atom is -0.309 e. The lowest BCUT2D eigenvalue weighted by atomic mass is 10.0. The number of fused-ring (bicyclic) bond motifs is 4. The fourth-order valence-corrected chi connectivity index (χ4v) is 32.3. The Morgan fingerprint density at radius 2 is 0.661 bits per heavy atom. The van der Waals surface area contributed by atoms with E-state index in [2.05, 4.69) is 220 Å². The third-order valence-electron chi connectivity index (χ3n) is 17.3. The van der Waals surface area contributed by atoms with Crippen LogP contribution in [0.15, 0.2) is 146 Å². The van der Waals surface area contributed by atoms with E-state index in [1.165, 1.54) is 87.3 Å². The van der Waals surface area contributed by atoms with Gasteiger partial charge in [-0.05, 0) is 58.8 Å². The van der Waals surface area contributed by atoms with E-state index in [4.69, 9.17) is 0 Å². The SMILES string of the molecule is C[Si]1(C)Cc2ccc(c3ccccc23)-n2c3ccc4cc3c3cc(ccc32)[Si](C)(C)[Si](C)(C)c2ccc3c(c2)c2cc(ccc2n3-c2ccc1c1ccccc21)[Si](C)(C)[Si]4(C)C. The zero-order valence-electron chi connectivity index (χ0n) is 38.0. The first-order chi connectivity index (χ1) is 29.5. The van der Waals surface area contributed by atoms with E-state index < -0.39 is 38.4 Å². The third kappa shape index (κ3) is 4.94. The van der Waals surface area contributed by atoms with Crippen molar-refractivity contribution < 1.29 is 0 Å². The average Bonchev–Trinajstić information content (AvgIpc) is 3.76. The van der Waals surface area contributed by atoms with Gasteiger partial charge < -0.3 is 9.13 Å². The van der Waals surface area contributed by atoms with Gasteiger partial charge in [0.1, 0.15) is 0 Å². The third-order valence-corrected chi connectivity index (χ3v) is 55.9. The first kappa shape index (κ1) is 38.6. The van der Waals surface area contributed by atoms with E-state index in [0.717, 1.165) is 6.04 Å². The molecule has 62 heavy (non-hydrogen) atoms. The highest BCUT2D eigenvalue weighted by Crippen LogP contribution is 2.40. The van der Waals surface area contributed by atoms with Crippen LogP contribution in [0.1, 0.15) is 5.56 Å². The van der Waals surface area contributed by atoms with Crippen molar-refractivity contribution in [1.29, 1.82) is 0 Å². The van der Waals surface area contributed by atoms with Crippen molar-refractivity contribution in [1.82, 2.24) is 9.13 Å². The largest absolute Gasteiger partial charge is 0.309 e. The van der Waals surface area contributed by atoms with Gasteiger partial charge >= 0.3 is 0 Å². The highest BCUT2D eigenvalue weighted by Gasteiger charge is 2.46. The molecule has 0 aliphatic carbocycles. The zero-order chi connectivity index (χ0) is 42.9. The van der Waals surface area contributed by atoms with Crippen molar-refractivity contribution in [2.24, 2.45) is 0 Å². The molecule has 7 heterocycles. The smallest absolute Gasteiger partial charge is 0.0857 e. The Bertz CT molecular complexity index is 3460. The van der Waals surface area contributed by atoms with Crippen molar-refractivity contribution in [3.63, 3.8) is 0 Å². The van der Waals surface area contributed by atoms with Crippen LogP contribution in [0, 0.1) is 0 Å². The number of rotatable bonds is 0. The standard InChI is InChI=1S/C55H56N2Si5/c1-58(2)35-36-19-24-49(42-16-12-11-15-41(36)42)56-51-25-20-37-31-45(51)46-32-38(21-26-52(46)56)60(5,6)62(9,10)40-23-28-54-48(34-40)47-33-39(61(7,8)59(37,3)4)22-27-53(47)57(54)50-29-30-55(58)44-18-14-13-17-43(44)50/h11-34H,35H2,1-10H3. The molecule has 0 saturated heterocycles. The molecule has 10 aromatic rings. The molecule has 5 aliphatic heterocycles. The van der Waals surface area contributed by atoms with Crippen LogP contribution in [0.5, 0.6) is 0 Å². The quantitative estimate of drug-likeness (QED) is 0.134. The van der Waals surface area contributed by atoms with Gasteiger partial charge in [0, 0.05) is 32.3 Å². The van der Waals surface area contributed by atoms with Crippen LogP contribution in [-0.4, -0.2) is 47.6 Å². The number of nitrogens with zero attached hydrogens (tertiary/aromatic N) is 2. The van der Waals surface area contributed by atoms with Gasteiger partial charge in [-0.2, -0.15) is 0 Å². The topological polar surface area (TPSA) is 9.86 Å². The van der Waals surface area contributed by atoms with Crippen LogP contribution in [0.4, 0.5) is 0 Å². The van der Waals surface area contributed by atoms with Gasteiger partial charge in [0.15, 0.2) is 0 Å². The van der Waals surface area contributed by atoms with Crippen molar-refractivity contribution in [2.45, 2.75) is 71.5 Å². The van der Waals surface area contributed by atoms with Gasteiger partial charge in [0.25, 0.3) is 0 Å². The van der Waals surface area contributed by atoms with E-state index >= 15 is 0 Å². The van der Waals surface area contributed by atoms with Gasteiger partial charge in [0.05, 0.1) is 71.9 Å². The van der Waals surface area contributed by atoms with Crippen molar-refractivity contribution >= 4 is 130 Å². The second kappa shape index (κ2) is 12.6. The van der Waals surface area contributed by atoms with Gasteiger partial charge in [0.2, 0.25) is 0 Å². The Kier molecular flexibility index (Phi) is 7.83. The first-order valence-corrected chi connectivity index (χ1v) is 39.9. The summed E-state index contributed by atoms with van der Waals surface area (Å²) in [5, 5.41) is 19.0. The lowest BCUT2D eigenvalue weighted by molar-refractivity contribution is 1.19. The lowest BCUT2D eigenvalue weighted by Gasteiger charge is -2.40. The van der Waals surface area contributed by atoms with Crippen molar-refractivity contribution in [3.05, 3.63) is 151 Å². The normalized spacial score (nSPS) is 18.1. The van der Waals surface area contributed by atoms with E-state index in [1.54, 1.807) is 20.7 Å². The summed E-state index contributed by atoms with van der Waals surface area (Å²) >= 11 is 0. The molecule has 7 heteroatoms. The van der Waals surface area contributed by atoms with Gasteiger partial charge in [-0.25, -0.2) is 0 Å². The number of aromatic nitrogens is 2. The molecule has 2 aromatic heterocycles. The van der Waals surface area contributed by atoms with Crippen LogP contribution in [0.3, 0.4) is 0 Å². The predicted octanol–water partition coefficient (Wildman–Crippen LogP) is 11.7. The molecular weight excluding hydrogens is 829 g/mol. The second-order valence-corrected chi connectivity index (χ2v) is 56.6. The highest BCUT2D eigenvalue weighted by molar-refractivity contribution is 7.50. The molecule has 8 aromatic carbocycles. The summed E-state index contributed by atoms with van der Waals surface area (Å²) in [6.45, 7) is 26.6. The van der Waals surface area contributed by atoms with Crippen LogP contribution >= 0.6 is 0 Å². The summed E-state index contributed by atoms with van der Waals surface area (Å²) in [7, 11) is -10.3. The molecule has 0 unspecified atom stereocenters. The molecule has 0 fully saturated rings. The molecule has 0 saturated carbocycles. The molecule has 0 N–H and O–H groups in total. The maximum atomic E-state index is 2.67. The summed E-state index contributed by atoms with van der Waals surface area (Å²) in [5.41, 5.74) is 9.32. The molecule has 5 aliphatic rings. The van der Waals surface area contributed by atoms with Crippen LogP contribution in [0.25, 0.3) is 76.5 Å². The van der Waals surface area contributed by atoms with E-state index in [-0.39, 0.29) is 0 Å². The zero-order valence-corrected chi connectivity index (χ0v) is 43.0. The molecule has 0 spiro atoms. The lowest BCUT2D eigenvalue weighted by Crippen LogP contribution is -2.69. The molecule has 15 rings (SSSR count). The Hall–Kier alpha value is -5.04. The Balaban J connectivity index is 1.31.